The van der Waals surface area contributed by atoms with Crippen LogP contribution in [0.15, 0.2) is 12.7 Å². The highest BCUT2D eigenvalue weighted by atomic mass is 28.4. The summed E-state index contributed by atoms with van der Waals surface area (Å²) in [5.74, 6) is -0.981. The van der Waals surface area contributed by atoms with Crippen LogP contribution in [0.1, 0.15) is 90.9 Å². The van der Waals surface area contributed by atoms with Crippen molar-refractivity contribution in [3.8, 4) is 0 Å². The van der Waals surface area contributed by atoms with Crippen LogP contribution in [-0.4, -0.2) is 40.3 Å². The van der Waals surface area contributed by atoms with E-state index in [4.69, 9.17) is 24.1 Å². The molecular formula is C21H45NO5Si. The summed E-state index contributed by atoms with van der Waals surface area (Å²) in [7, 11) is 0.802. The van der Waals surface area contributed by atoms with E-state index in [1.807, 2.05) is 0 Å². The first kappa shape index (κ1) is 29.5. The van der Waals surface area contributed by atoms with E-state index in [2.05, 4.69) is 20.4 Å². The molecule has 0 aliphatic heterocycles. The van der Waals surface area contributed by atoms with Gasteiger partial charge in [-0.15, -0.1) is 0 Å². The van der Waals surface area contributed by atoms with Gasteiger partial charge in [0.2, 0.25) is 0 Å². The van der Waals surface area contributed by atoms with Gasteiger partial charge < -0.3 is 24.1 Å². The van der Waals surface area contributed by atoms with E-state index < -0.39 is 14.8 Å². The summed E-state index contributed by atoms with van der Waals surface area (Å²) >= 11 is 0. The number of nitrogens with two attached hydrogens (primary N) is 1. The van der Waals surface area contributed by atoms with Gasteiger partial charge in [0.25, 0.3) is 0 Å². The van der Waals surface area contributed by atoms with Crippen molar-refractivity contribution in [1.29, 1.82) is 0 Å². The lowest BCUT2D eigenvalue weighted by atomic mass is 10.1. The van der Waals surface area contributed by atoms with Gasteiger partial charge in [0, 0.05) is 26.3 Å². The van der Waals surface area contributed by atoms with E-state index in [0.29, 0.717) is 0 Å². The second kappa shape index (κ2) is 21.0. The molecule has 3 N–H and O–H groups in total. The minimum Gasteiger partial charge on any atom is -0.478 e. The summed E-state index contributed by atoms with van der Waals surface area (Å²) in [5, 5.41) is 7.60. The van der Waals surface area contributed by atoms with Crippen LogP contribution < -0.4 is 5.73 Å². The molecule has 0 saturated carbocycles. The fraction of sp³-hybridized carbons (Fsp3) is 0.857. The molecule has 0 aromatic rings. The van der Waals surface area contributed by atoms with Crippen LogP contribution in [0.4, 0.5) is 0 Å². The first-order valence-electron chi connectivity index (χ1n) is 10.8. The highest BCUT2D eigenvalue weighted by Gasteiger charge is 2.39. The molecule has 0 heterocycles. The first-order valence-corrected chi connectivity index (χ1v) is 12.7. The zero-order valence-electron chi connectivity index (χ0n) is 18.7. The molecule has 0 radical (unpaired) electrons. The Morgan fingerprint density at radius 1 is 0.964 bits per heavy atom. The molecular weight excluding hydrogens is 374 g/mol. The molecule has 0 aromatic heterocycles. The molecule has 168 valence electrons. The zero-order chi connectivity index (χ0) is 21.7. The third-order valence-corrected chi connectivity index (χ3v) is 7.54. The number of hydrogen-bond acceptors (Lipinski definition) is 5. The largest absolute Gasteiger partial charge is 0.501 e. The Labute approximate surface area is 174 Å². The number of carbonyl (C=O) groups is 1. The molecule has 0 bridgehead atoms. The van der Waals surface area contributed by atoms with E-state index in [1.165, 1.54) is 57.8 Å². The number of aliphatic carboxylic acids is 1. The number of carboxylic acids is 1. The van der Waals surface area contributed by atoms with Crippen molar-refractivity contribution in [2.75, 3.05) is 14.2 Å². The lowest BCUT2D eigenvalue weighted by Gasteiger charge is -2.29. The smallest absolute Gasteiger partial charge is 0.478 e. The van der Waals surface area contributed by atoms with Crippen LogP contribution in [-0.2, 0) is 18.1 Å². The minimum atomic E-state index is -2.53. The Bertz CT molecular complexity index is 365. The highest BCUT2D eigenvalue weighted by Crippen LogP contribution is 2.19. The van der Waals surface area contributed by atoms with Crippen molar-refractivity contribution in [2.45, 2.75) is 103 Å². The molecule has 0 fully saturated rings. The molecule has 1 atom stereocenters. The molecule has 0 amide bonds. The molecule has 0 rings (SSSR count). The minimum absolute atomic E-state index is 0.262. The Kier molecular flexibility index (Phi) is 22.1. The Morgan fingerprint density at radius 2 is 1.39 bits per heavy atom. The topological polar surface area (TPSA) is 91.0 Å². The number of rotatable bonds is 18. The maximum atomic E-state index is 9.25. The van der Waals surface area contributed by atoms with E-state index >= 15 is 0 Å². The van der Waals surface area contributed by atoms with Crippen molar-refractivity contribution in [3.63, 3.8) is 0 Å². The van der Waals surface area contributed by atoms with Gasteiger partial charge in [-0.2, -0.15) is 0 Å². The fourth-order valence-corrected chi connectivity index (χ4v) is 4.95. The molecule has 0 spiro atoms. The molecule has 0 saturated heterocycles. The van der Waals surface area contributed by atoms with Gasteiger partial charge in [0.05, 0.1) is 6.23 Å². The lowest BCUT2D eigenvalue weighted by Crippen LogP contribution is -2.48. The summed E-state index contributed by atoms with van der Waals surface area (Å²) in [4.78, 5) is 9.25. The average molecular weight is 420 g/mol. The summed E-state index contributed by atoms with van der Waals surface area (Å²) in [5.41, 5.74) is 6.10. The maximum absolute atomic E-state index is 9.25. The second-order valence-corrected chi connectivity index (χ2v) is 9.93. The quantitative estimate of drug-likeness (QED) is 0.132. The van der Waals surface area contributed by atoms with Crippen molar-refractivity contribution in [1.82, 2.24) is 0 Å². The Balaban J connectivity index is 0. The second-order valence-electron chi connectivity index (χ2n) is 7.01. The third-order valence-electron chi connectivity index (χ3n) is 4.53. The third kappa shape index (κ3) is 18.6. The maximum Gasteiger partial charge on any atom is 0.501 e. The van der Waals surface area contributed by atoms with Crippen molar-refractivity contribution < 1.29 is 23.2 Å². The number of unbranched alkanes of at least 4 members (excludes halogenated alkanes) is 9. The summed E-state index contributed by atoms with van der Waals surface area (Å²) in [6, 6.07) is 0.825. The van der Waals surface area contributed by atoms with Gasteiger partial charge in [-0.3, -0.25) is 0 Å². The Morgan fingerprint density at radius 3 is 1.75 bits per heavy atom. The van der Waals surface area contributed by atoms with Crippen molar-refractivity contribution in [2.24, 2.45) is 5.73 Å². The molecule has 0 aliphatic rings. The normalized spacial score (nSPS) is 12.2. The standard InChI is InChI=1S/C18H41NO3Si.C3H4O2/c1-5-7-8-9-10-11-12-13-14-15-16-18(19)22-23(20-3,21-4)17-6-2;1-2-3(4)5/h18H,5-17,19H2,1-4H3;2H,1H2,(H,4,5). The highest BCUT2D eigenvalue weighted by molar-refractivity contribution is 6.60. The van der Waals surface area contributed by atoms with Gasteiger partial charge >= 0.3 is 14.8 Å². The van der Waals surface area contributed by atoms with Crippen LogP contribution in [0, 0.1) is 0 Å². The predicted molar refractivity (Wildman–Crippen MR) is 118 cm³/mol. The first-order chi connectivity index (χ1) is 13.4. The van der Waals surface area contributed by atoms with Crippen molar-refractivity contribution in [3.05, 3.63) is 12.7 Å². The van der Waals surface area contributed by atoms with Gasteiger partial charge in [-0.05, 0) is 12.8 Å². The predicted octanol–water partition coefficient (Wildman–Crippen LogP) is 5.50. The van der Waals surface area contributed by atoms with Gasteiger partial charge in [0.15, 0.2) is 0 Å². The number of hydrogen-bond donors (Lipinski definition) is 2. The van der Waals surface area contributed by atoms with E-state index in [1.54, 1.807) is 14.2 Å². The average Bonchev–Trinajstić information content (AvgIpc) is 2.69. The molecule has 28 heavy (non-hydrogen) atoms. The summed E-state index contributed by atoms with van der Waals surface area (Å²) in [6.07, 6.45) is 15.8. The molecule has 0 aromatic carbocycles. The van der Waals surface area contributed by atoms with E-state index in [0.717, 1.165) is 31.4 Å². The number of carboxylic acid groups (broad SMARTS) is 1. The van der Waals surface area contributed by atoms with Crippen LogP contribution in [0.5, 0.6) is 0 Å². The summed E-state index contributed by atoms with van der Waals surface area (Å²) < 4.78 is 17.0. The van der Waals surface area contributed by atoms with Crippen LogP contribution in [0.3, 0.4) is 0 Å². The molecule has 7 heteroatoms. The van der Waals surface area contributed by atoms with Gasteiger partial charge in [-0.25, -0.2) is 4.79 Å². The fourth-order valence-electron chi connectivity index (χ4n) is 2.87. The van der Waals surface area contributed by atoms with Crippen LogP contribution in [0.2, 0.25) is 6.04 Å². The Hall–Kier alpha value is -0.733. The van der Waals surface area contributed by atoms with Crippen molar-refractivity contribution >= 4 is 14.8 Å². The lowest BCUT2D eigenvalue weighted by molar-refractivity contribution is -0.131. The van der Waals surface area contributed by atoms with Gasteiger partial charge in [-0.1, -0.05) is 84.6 Å². The van der Waals surface area contributed by atoms with Crippen LogP contribution >= 0.6 is 0 Å². The van der Waals surface area contributed by atoms with Crippen LogP contribution in [0.25, 0.3) is 0 Å². The van der Waals surface area contributed by atoms with Gasteiger partial charge in [0.1, 0.15) is 0 Å². The molecule has 1 unspecified atom stereocenters. The van der Waals surface area contributed by atoms with E-state index in [-0.39, 0.29) is 6.23 Å². The SMILES string of the molecule is C=CC(=O)O.CCCCCCCCCCCCC(N)O[Si](CCC)(OC)OC. The van der Waals surface area contributed by atoms with E-state index in [9.17, 15) is 4.79 Å². The monoisotopic (exact) mass is 419 g/mol. The summed E-state index contributed by atoms with van der Waals surface area (Å²) in [6.45, 7) is 7.34. The molecule has 6 nitrogen and oxygen atoms in total. The zero-order valence-corrected chi connectivity index (χ0v) is 19.7. The molecule has 0 aliphatic carbocycles.